The largest absolute Gasteiger partial charge is 0.380 e. The van der Waals surface area contributed by atoms with E-state index in [0.717, 1.165) is 45.6 Å². The van der Waals surface area contributed by atoms with Crippen LogP contribution in [0.15, 0.2) is 0 Å². The number of nitrogens with two attached hydrogens (primary N) is 1. The van der Waals surface area contributed by atoms with Crippen LogP contribution in [0.2, 0.25) is 0 Å². The highest BCUT2D eigenvalue weighted by Crippen LogP contribution is 2.40. The fraction of sp³-hybridized carbons (Fsp3) is 0.929. The van der Waals surface area contributed by atoms with E-state index in [9.17, 15) is 4.79 Å². The molecule has 1 saturated heterocycles. The molecule has 0 aromatic rings. The Labute approximate surface area is 115 Å². The molecule has 1 heterocycles. The second kappa shape index (κ2) is 6.20. The Morgan fingerprint density at radius 3 is 2.74 bits per heavy atom. The molecule has 5 heteroatoms. The van der Waals surface area contributed by atoms with Gasteiger partial charge in [0, 0.05) is 32.3 Å². The van der Waals surface area contributed by atoms with E-state index in [1.807, 2.05) is 0 Å². The summed E-state index contributed by atoms with van der Waals surface area (Å²) >= 11 is 0. The summed E-state index contributed by atoms with van der Waals surface area (Å²) in [5.41, 5.74) is 5.20. The monoisotopic (exact) mass is 269 g/mol. The van der Waals surface area contributed by atoms with Crippen molar-refractivity contribution in [2.45, 2.75) is 44.7 Å². The van der Waals surface area contributed by atoms with Gasteiger partial charge < -0.3 is 10.5 Å². The molecule has 1 aliphatic carbocycles. The average Bonchev–Trinajstić information content (AvgIpc) is 3.15. The first-order valence-electron chi connectivity index (χ1n) is 7.42. The van der Waals surface area contributed by atoms with Gasteiger partial charge in [-0.15, -0.1) is 0 Å². The molecule has 0 aromatic heterocycles. The predicted molar refractivity (Wildman–Crippen MR) is 74.8 cm³/mol. The van der Waals surface area contributed by atoms with Gasteiger partial charge in [-0.25, -0.2) is 0 Å². The summed E-state index contributed by atoms with van der Waals surface area (Å²) in [6.07, 6.45) is 3.24. The lowest BCUT2D eigenvalue weighted by atomic mass is 9.90. The number of amides is 1. The van der Waals surface area contributed by atoms with Crippen molar-refractivity contribution in [3.63, 3.8) is 0 Å². The first-order chi connectivity index (χ1) is 9.04. The highest BCUT2D eigenvalue weighted by atomic mass is 16.5. The SMILES string of the molecule is CC(C)NC(CN1CCCOCC1)(C(N)=O)C1CC1. The van der Waals surface area contributed by atoms with Crippen LogP contribution >= 0.6 is 0 Å². The Bertz CT molecular complexity index is 310. The lowest BCUT2D eigenvalue weighted by Gasteiger charge is -2.38. The number of rotatable bonds is 6. The van der Waals surface area contributed by atoms with E-state index in [1.165, 1.54) is 0 Å². The maximum atomic E-state index is 12.1. The van der Waals surface area contributed by atoms with Crippen molar-refractivity contribution < 1.29 is 9.53 Å². The van der Waals surface area contributed by atoms with Crippen LogP contribution in [-0.4, -0.2) is 55.2 Å². The van der Waals surface area contributed by atoms with Gasteiger partial charge in [0.15, 0.2) is 0 Å². The zero-order valence-electron chi connectivity index (χ0n) is 12.2. The van der Waals surface area contributed by atoms with E-state index in [-0.39, 0.29) is 11.9 Å². The lowest BCUT2D eigenvalue weighted by molar-refractivity contribution is -0.126. The van der Waals surface area contributed by atoms with Crippen molar-refractivity contribution in [2.24, 2.45) is 11.7 Å². The highest BCUT2D eigenvalue weighted by Gasteiger charge is 2.50. The summed E-state index contributed by atoms with van der Waals surface area (Å²) in [5.74, 6) is 0.199. The molecule has 1 aliphatic heterocycles. The molecule has 19 heavy (non-hydrogen) atoms. The number of ether oxygens (including phenoxy) is 1. The Kier molecular flexibility index (Phi) is 4.81. The van der Waals surface area contributed by atoms with Crippen LogP contribution in [0.3, 0.4) is 0 Å². The summed E-state index contributed by atoms with van der Waals surface area (Å²) in [7, 11) is 0. The Hall–Kier alpha value is -0.650. The van der Waals surface area contributed by atoms with Gasteiger partial charge in [-0.05, 0) is 39.0 Å². The van der Waals surface area contributed by atoms with Crippen LogP contribution < -0.4 is 11.1 Å². The van der Waals surface area contributed by atoms with Crippen molar-refractivity contribution >= 4 is 5.91 Å². The number of carbonyl (C=O) groups excluding carboxylic acids is 1. The van der Waals surface area contributed by atoms with Crippen molar-refractivity contribution in [3.8, 4) is 0 Å². The molecule has 0 radical (unpaired) electrons. The number of primary amides is 1. The molecule has 2 aliphatic rings. The standard InChI is InChI=1S/C14H27N3O2/c1-11(2)16-14(13(15)18,12-4-5-12)10-17-6-3-8-19-9-7-17/h11-12,16H,3-10H2,1-2H3,(H2,15,18). The number of nitrogens with zero attached hydrogens (tertiary/aromatic N) is 1. The van der Waals surface area contributed by atoms with E-state index in [2.05, 4.69) is 24.1 Å². The van der Waals surface area contributed by atoms with E-state index >= 15 is 0 Å². The Morgan fingerprint density at radius 1 is 1.42 bits per heavy atom. The number of hydrogen-bond acceptors (Lipinski definition) is 4. The second-order valence-corrected chi connectivity index (χ2v) is 6.15. The van der Waals surface area contributed by atoms with Crippen molar-refractivity contribution in [1.82, 2.24) is 10.2 Å². The minimum absolute atomic E-state index is 0.200. The summed E-state index contributed by atoms with van der Waals surface area (Å²) in [4.78, 5) is 14.4. The summed E-state index contributed by atoms with van der Waals surface area (Å²) in [5, 5.41) is 3.47. The first-order valence-corrected chi connectivity index (χ1v) is 7.42. The summed E-state index contributed by atoms with van der Waals surface area (Å²) < 4.78 is 5.48. The maximum absolute atomic E-state index is 12.1. The van der Waals surface area contributed by atoms with E-state index in [0.29, 0.717) is 12.5 Å². The molecule has 1 amide bonds. The van der Waals surface area contributed by atoms with E-state index in [1.54, 1.807) is 0 Å². The predicted octanol–water partition coefficient (Wildman–Crippen LogP) is 0.341. The van der Waals surface area contributed by atoms with Crippen molar-refractivity contribution in [3.05, 3.63) is 0 Å². The molecule has 2 fully saturated rings. The topological polar surface area (TPSA) is 67.6 Å². The second-order valence-electron chi connectivity index (χ2n) is 6.15. The molecule has 0 aromatic carbocycles. The number of carbonyl (C=O) groups is 1. The average molecular weight is 269 g/mol. The number of hydrogen-bond donors (Lipinski definition) is 2. The van der Waals surface area contributed by atoms with Crippen molar-refractivity contribution in [2.75, 3.05) is 32.8 Å². The normalized spacial score (nSPS) is 25.0. The zero-order chi connectivity index (χ0) is 13.9. The molecular weight excluding hydrogens is 242 g/mol. The molecule has 2 rings (SSSR count). The van der Waals surface area contributed by atoms with Gasteiger partial charge in [0.05, 0.1) is 6.61 Å². The summed E-state index contributed by atoms with van der Waals surface area (Å²) in [6.45, 7) is 8.32. The fourth-order valence-electron chi connectivity index (χ4n) is 3.04. The molecule has 0 spiro atoms. The zero-order valence-corrected chi connectivity index (χ0v) is 12.2. The van der Waals surface area contributed by atoms with Gasteiger partial charge in [0.25, 0.3) is 0 Å². The molecule has 5 nitrogen and oxygen atoms in total. The van der Waals surface area contributed by atoms with E-state index in [4.69, 9.17) is 10.5 Å². The molecular formula is C14H27N3O2. The third-order valence-electron chi connectivity index (χ3n) is 4.05. The van der Waals surface area contributed by atoms with Gasteiger partial charge >= 0.3 is 0 Å². The minimum atomic E-state index is -0.557. The molecule has 0 bridgehead atoms. The van der Waals surface area contributed by atoms with Crippen molar-refractivity contribution in [1.29, 1.82) is 0 Å². The number of nitrogens with one attached hydrogen (secondary N) is 1. The Morgan fingerprint density at radius 2 is 2.16 bits per heavy atom. The molecule has 1 saturated carbocycles. The van der Waals surface area contributed by atoms with Crippen LogP contribution in [0.25, 0.3) is 0 Å². The molecule has 110 valence electrons. The van der Waals surface area contributed by atoms with Crippen LogP contribution in [0.1, 0.15) is 33.1 Å². The van der Waals surface area contributed by atoms with Crippen LogP contribution in [-0.2, 0) is 9.53 Å². The van der Waals surface area contributed by atoms with Gasteiger partial charge in [-0.2, -0.15) is 0 Å². The molecule has 3 N–H and O–H groups in total. The van der Waals surface area contributed by atoms with Crippen LogP contribution in [0.4, 0.5) is 0 Å². The molecule has 1 atom stereocenters. The summed E-state index contributed by atoms with van der Waals surface area (Å²) in [6, 6.07) is 0.260. The van der Waals surface area contributed by atoms with E-state index < -0.39 is 5.54 Å². The third-order valence-corrected chi connectivity index (χ3v) is 4.05. The van der Waals surface area contributed by atoms with Gasteiger partial charge in [0.2, 0.25) is 5.91 Å². The van der Waals surface area contributed by atoms with Crippen LogP contribution in [0, 0.1) is 5.92 Å². The first kappa shape index (κ1) is 14.8. The van der Waals surface area contributed by atoms with Gasteiger partial charge in [-0.3, -0.25) is 15.0 Å². The lowest BCUT2D eigenvalue weighted by Crippen LogP contribution is -2.65. The smallest absolute Gasteiger partial charge is 0.239 e. The van der Waals surface area contributed by atoms with Gasteiger partial charge in [-0.1, -0.05) is 0 Å². The maximum Gasteiger partial charge on any atom is 0.239 e. The fourth-order valence-corrected chi connectivity index (χ4v) is 3.04. The van der Waals surface area contributed by atoms with Crippen LogP contribution in [0.5, 0.6) is 0 Å². The Balaban J connectivity index is 2.09. The highest BCUT2D eigenvalue weighted by molar-refractivity contribution is 5.86. The quantitative estimate of drug-likeness (QED) is 0.730. The molecule has 1 unspecified atom stereocenters. The van der Waals surface area contributed by atoms with Gasteiger partial charge in [0.1, 0.15) is 5.54 Å². The minimum Gasteiger partial charge on any atom is -0.380 e. The third kappa shape index (κ3) is 3.68.